The van der Waals surface area contributed by atoms with Crippen LogP contribution < -0.4 is 4.74 Å². The zero-order valence-corrected chi connectivity index (χ0v) is 31.7. The normalized spacial score (nSPS) is 23.8. The van der Waals surface area contributed by atoms with Crippen LogP contribution in [0.4, 0.5) is 0 Å². The van der Waals surface area contributed by atoms with Crippen LogP contribution in [0.15, 0.2) is 137 Å². The van der Waals surface area contributed by atoms with E-state index in [0.717, 1.165) is 50.7 Å². The molecule has 8 aromatic rings. The lowest BCUT2D eigenvalue weighted by Gasteiger charge is -2.61. The Morgan fingerprint density at radius 1 is 0.509 bits per heavy atom. The van der Waals surface area contributed by atoms with Gasteiger partial charge >= 0.3 is 0 Å². The fourth-order valence-corrected chi connectivity index (χ4v) is 13.8. The molecule has 0 unspecified atom stereocenters. The molecule has 4 nitrogen and oxygen atoms in total. The number of thiophene rings is 1. The van der Waals surface area contributed by atoms with E-state index in [1.165, 1.54) is 79.4 Å². The number of fused-ring (bicyclic) bond motifs is 8. The Morgan fingerprint density at radius 2 is 1.24 bits per heavy atom. The van der Waals surface area contributed by atoms with E-state index in [2.05, 4.69) is 121 Å². The maximum atomic E-state index is 6.73. The van der Waals surface area contributed by atoms with Crippen molar-refractivity contribution >= 4 is 43.3 Å². The highest BCUT2D eigenvalue weighted by atomic mass is 32.2. The van der Waals surface area contributed by atoms with Crippen molar-refractivity contribution < 1.29 is 4.74 Å². The second-order valence-corrected chi connectivity index (χ2v) is 18.5. The van der Waals surface area contributed by atoms with Crippen molar-refractivity contribution in [1.29, 1.82) is 0 Å². The monoisotopic (exact) mass is 745 g/mol. The maximum Gasteiger partial charge on any atom is 0.164 e. The molecule has 1 aliphatic heterocycles. The molecular formula is C49H35N3OS2. The molecule has 5 aliphatic carbocycles. The standard InChI is InChI=1S/C49H35N3OS2/c1-2-9-29(10-3-1)46-50-47(30-17-18-34-33-11-4-6-15-41(33)54-43(34)24-30)52-48(51-46)35-12-8-13-37-45(35)36-25-44-40(53-39-14-5-7-16-42(39)55-44)26-38(36)49(37)31-20-27-19-28(22-31)23-32(49)21-27/h1-18,24-28,31-32H,19-23H2. The predicted octanol–water partition coefficient (Wildman–Crippen LogP) is 13.2. The summed E-state index contributed by atoms with van der Waals surface area (Å²) >= 11 is 3.65. The molecule has 264 valence electrons. The summed E-state index contributed by atoms with van der Waals surface area (Å²) in [5.41, 5.74) is 8.65. The van der Waals surface area contributed by atoms with Crippen LogP contribution in [0.2, 0.25) is 0 Å². The second kappa shape index (κ2) is 11.4. The van der Waals surface area contributed by atoms with E-state index < -0.39 is 0 Å². The first-order valence-corrected chi connectivity index (χ1v) is 21.3. The highest BCUT2D eigenvalue weighted by Crippen LogP contribution is 2.71. The van der Waals surface area contributed by atoms with Crippen molar-refractivity contribution in [3.8, 4) is 56.8 Å². The highest BCUT2D eigenvalue weighted by Gasteiger charge is 2.62. The van der Waals surface area contributed by atoms with E-state index in [1.807, 2.05) is 29.2 Å². The van der Waals surface area contributed by atoms with E-state index in [1.54, 1.807) is 0 Å². The molecule has 1 spiro atoms. The minimum Gasteiger partial charge on any atom is -0.455 e. The summed E-state index contributed by atoms with van der Waals surface area (Å²) in [6, 6.07) is 46.1. The predicted molar refractivity (Wildman–Crippen MR) is 223 cm³/mol. The number of hydrogen-bond donors (Lipinski definition) is 0. The molecule has 6 aromatic carbocycles. The Hall–Kier alpha value is -5.30. The van der Waals surface area contributed by atoms with E-state index in [0.29, 0.717) is 23.5 Å². The van der Waals surface area contributed by atoms with Gasteiger partial charge < -0.3 is 4.74 Å². The van der Waals surface area contributed by atoms with Gasteiger partial charge in [-0.05, 0) is 114 Å². The summed E-state index contributed by atoms with van der Waals surface area (Å²) in [5.74, 6) is 7.06. The van der Waals surface area contributed by atoms with Crippen molar-refractivity contribution in [3.63, 3.8) is 0 Å². The quantitative estimate of drug-likeness (QED) is 0.180. The topological polar surface area (TPSA) is 47.9 Å². The molecule has 0 saturated heterocycles. The van der Waals surface area contributed by atoms with E-state index in [4.69, 9.17) is 19.7 Å². The van der Waals surface area contributed by atoms with Crippen molar-refractivity contribution in [1.82, 2.24) is 15.0 Å². The van der Waals surface area contributed by atoms with Crippen LogP contribution >= 0.6 is 23.1 Å². The number of nitrogens with zero attached hydrogens (tertiary/aromatic N) is 3. The zero-order chi connectivity index (χ0) is 35.8. The van der Waals surface area contributed by atoms with Gasteiger partial charge in [0.1, 0.15) is 11.5 Å². The molecule has 4 saturated carbocycles. The fraction of sp³-hybridized carbons (Fsp3) is 0.204. The summed E-state index contributed by atoms with van der Waals surface area (Å²) in [4.78, 5) is 18.3. The Labute approximate surface area is 327 Å². The van der Waals surface area contributed by atoms with Gasteiger partial charge in [0.15, 0.2) is 17.5 Å². The van der Waals surface area contributed by atoms with Gasteiger partial charge in [0.05, 0.1) is 9.79 Å². The van der Waals surface area contributed by atoms with Crippen molar-refractivity contribution in [3.05, 3.63) is 139 Å². The van der Waals surface area contributed by atoms with Gasteiger partial charge in [-0.25, -0.2) is 15.0 Å². The molecular weight excluding hydrogens is 711 g/mol. The van der Waals surface area contributed by atoms with Crippen LogP contribution in [0.25, 0.3) is 65.5 Å². The van der Waals surface area contributed by atoms with Crippen LogP contribution in [0, 0.1) is 23.7 Å². The third-order valence-corrected chi connectivity index (χ3v) is 15.8. The third-order valence-electron chi connectivity index (χ3n) is 13.6. The van der Waals surface area contributed by atoms with Crippen molar-refractivity contribution in [2.45, 2.75) is 47.3 Å². The molecule has 2 aromatic heterocycles. The largest absolute Gasteiger partial charge is 0.455 e. The average molecular weight is 746 g/mol. The maximum absolute atomic E-state index is 6.73. The molecule has 0 radical (unpaired) electrons. The Kier molecular flexibility index (Phi) is 6.40. The highest BCUT2D eigenvalue weighted by molar-refractivity contribution is 7.99. The summed E-state index contributed by atoms with van der Waals surface area (Å²) in [5, 5.41) is 2.56. The first-order chi connectivity index (χ1) is 27.2. The van der Waals surface area contributed by atoms with Gasteiger partial charge in [0.25, 0.3) is 0 Å². The number of rotatable bonds is 3. The molecule has 0 atom stereocenters. The third kappa shape index (κ3) is 4.38. The number of hydrogen-bond acceptors (Lipinski definition) is 6. The summed E-state index contributed by atoms with van der Waals surface area (Å²) in [6.07, 6.45) is 6.70. The molecule has 3 heterocycles. The number of aromatic nitrogens is 3. The van der Waals surface area contributed by atoms with Crippen molar-refractivity contribution in [2.75, 3.05) is 0 Å². The van der Waals surface area contributed by atoms with Gasteiger partial charge in [0.2, 0.25) is 0 Å². The molecule has 4 fully saturated rings. The van der Waals surface area contributed by atoms with Crippen LogP contribution in [-0.4, -0.2) is 15.0 Å². The van der Waals surface area contributed by atoms with Crippen LogP contribution in [0.1, 0.15) is 43.2 Å². The zero-order valence-electron chi connectivity index (χ0n) is 30.0. The number of ether oxygens (including phenoxy) is 1. The van der Waals surface area contributed by atoms with E-state index in [-0.39, 0.29) is 5.41 Å². The minimum absolute atomic E-state index is 0.0293. The summed E-state index contributed by atoms with van der Waals surface area (Å²) in [6.45, 7) is 0. The number of para-hydroxylation sites is 1. The SMILES string of the molecule is c1ccc(-c2nc(-c3ccc4c(c3)sc3ccccc34)nc(-c3cccc4c3-c3cc5c(cc3C43C4CC6CC(C4)CC3C6)Oc3ccccc3S5)n2)cc1. The van der Waals surface area contributed by atoms with E-state index >= 15 is 0 Å². The lowest BCUT2D eigenvalue weighted by Crippen LogP contribution is -2.55. The van der Waals surface area contributed by atoms with Gasteiger partial charge in [-0.15, -0.1) is 11.3 Å². The first kappa shape index (κ1) is 31.0. The van der Waals surface area contributed by atoms with Crippen LogP contribution in [0.3, 0.4) is 0 Å². The molecule has 4 bridgehead atoms. The van der Waals surface area contributed by atoms with Crippen LogP contribution in [0.5, 0.6) is 11.5 Å². The molecule has 55 heavy (non-hydrogen) atoms. The smallest absolute Gasteiger partial charge is 0.164 e. The molecule has 0 N–H and O–H groups in total. The lowest BCUT2D eigenvalue weighted by molar-refractivity contribution is -0.0399. The molecule has 14 rings (SSSR count). The Balaban J connectivity index is 1.05. The van der Waals surface area contributed by atoms with Gasteiger partial charge in [-0.2, -0.15) is 0 Å². The molecule has 0 amide bonds. The first-order valence-electron chi connectivity index (χ1n) is 19.7. The Morgan fingerprint density at radius 3 is 2.09 bits per heavy atom. The molecule has 6 heteroatoms. The minimum atomic E-state index is -0.0293. The van der Waals surface area contributed by atoms with Crippen molar-refractivity contribution in [2.24, 2.45) is 23.7 Å². The summed E-state index contributed by atoms with van der Waals surface area (Å²) < 4.78 is 9.26. The van der Waals surface area contributed by atoms with Gasteiger partial charge in [-0.3, -0.25) is 0 Å². The molecule has 6 aliphatic rings. The fourth-order valence-electron chi connectivity index (χ4n) is 11.7. The van der Waals surface area contributed by atoms with Crippen LogP contribution in [-0.2, 0) is 5.41 Å². The summed E-state index contributed by atoms with van der Waals surface area (Å²) in [7, 11) is 0. The second-order valence-electron chi connectivity index (χ2n) is 16.4. The van der Waals surface area contributed by atoms with E-state index in [9.17, 15) is 0 Å². The lowest BCUT2D eigenvalue weighted by atomic mass is 9.43. The Bertz CT molecular complexity index is 2890. The van der Waals surface area contributed by atoms with Gasteiger partial charge in [0, 0.05) is 42.3 Å². The average Bonchev–Trinajstić information content (AvgIpc) is 3.74. The van der Waals surface area contributed by atoms with Gasteiger partial charge in [-0.1, -0.05) is 103 Å². The number of benzene rings is 6.